The first-order chi connectivity index (χ1) is 12.8. The molecule has 2 heterocycles. The summed E-state index contributed by atoms with van der Waals surface area (Å²) < 4.78 is 24.9. The molecule has 0 radical (unpaired) electrons. The van der Waals surface area contributed by atoms with Gasteiger partial charge in [-0.05, 0) is 30.9 Å². The van der Waals surface area contributed by atoms with Crippen molar-refractivity contribution < 1.29 is 13.2 Å². The highest BCUT2D eigenvalue weighted by atomic mass is 35.5. The fraction of sp³-hybridized carbons (Fsp3) is 0.474. The zero-order chi connectivity index (χ0) is 19.2. The maximum Gasteiger partial charge on any atom is 0.243 e. The fourth-order valence-corrected chi connectivity index (χ4v) is 5.03. The van der Waals surface area contributed by atoms with Gasteiger partial charge in [-0.2, -0.15) is 5.10 Å². The monoisotopic (exact) mass is 407 g/mol. The van der Waals surface area contributed by atoms with Crippen LogP contribution < -0.4 is 4.90 Å². The van der Waals surface area contributed by atoms with Crippen molar-refractivity contribution in [1.82, 2.24) is 9.78 Å². The Balaban J connectivity index is 1.73. The Morgan fingerprint density at radius 1 is 1.22 bits per heavy atom. The molecule has 1 aliphatic heterocycles. The Morgan fingerprint density at radius 2 is 1.96 bits per heavy atom. The predicted octanol–water partition coefficient (Wildman–Crippen LogP) is 2.79. The molecule has 1 aromatic carbocycles. The van der Waals surface area contributed by atoms with E-state index in [0.29, 0.717) is 12.4 Å². The molecule has 1 aromatic heterocycles. The number of nitrogens with zero attached hydrogens (tertiary/aromatic N) is 3. The number of rotatable bonds is 4. The van der Waals surface area contributed by atoms with Crippen LogP contribution in [0.15, 0.2) is 30.3 Å². The van der Waals surface area contributed by atoms with Gasteiger partial charge in [-0.3, -0.25) is 9.69 Å². The molecule has 1 saturated carbocycles. The number of sulfone groups is 1. The van der Waals surface area contributed by atoms with Crippen molar-refractivity contribution in [2.45, 2.75) is 37.6 Å². The standard InChI is InChI=1S/C19H22ClN3O3S/c1-27(25,26)13-18(24)22-10-5-11-23-17(22)12-16(21-23)19(8-4-9-19)14-6-2-3-7-15(14)20/h2-3,6-7,12H,4-5,8-11,13H2,1H3. The zero-order valence-electron chi connectivity index (χ0n) is 15.2. The van der Waals surface area contributed by atoms with Crippen molar-refractivity contribution in [2.75, 3.05) is 23.5 Å². The molecule has 0 unspecified atom stereocenters. The van der Waals surface area contributed by atoms with Gasteiger partial charge in [0, 0.05) is 35.8 Å². The van der Waals surface area contributed by atoms with Crippen molar-refractivity contribution in [3.63, 3.8) is 0 Å². The lowest BCUT2D eigenvalue weighted by molar-refractivity contribution is -0.116. The maximum absolute atomic E-state index is 12.5. The van der Waals surface area contributed by atoms with Crippen LogP contribution in [0.25, 0.3) is 0 Å². The number of benzene rings is 1. The first-order valence-corrected chi connectivity index (χ1v) is 11.6. The van der Waals surface area contributed by atoms with E-state index >= 15 is 0 Å². The Labute approximate surface area is 164 Å². The van der Waals surface area contributed by atoms with Crippen LogP contribution in [0.2, 0.25) is 5.02 Å². The minimum absolute atomic E-state index is 0.228. The van der Waals surface area contributed by atoms with E-state index in [4.69, 9.17) is 16.7 Å². The van der Waals surface area contributed by atoms with Gasteiger partial charge in [0.2, 0.25) is 5.91 Å². The van der Waals surface area contributed by atoms with Gasteiger partial charge in [-0.15, -0.1) is 0 Å². The lowest BCUT2D eigenvalue weighted by atomic mass is 9.62. The van der Waals surface area contributed by atoms with E-state index in [0.717, 1.165) is 54.8 Å². The number of anilines is 1. The summed E-state index contributed by atoms with van der Waals surface area (Å²) >= 11 is 6.48. The normalized spacial score (nSPS) is 18.7. The Hall–Kier alpha value is -1.86. The zero-order valence-corrected chi connectivity index (χ0v) is 16.8. The van der Waals surface area contributed by atoms with Gasteiger partial charge in [0.1, 0.15) is 11.6 Å². The van der Waals surface area contributed by atoms with Gasteiger partial charge in [-0.25, -0.2) is 13.1 Å². The van der Waals surface area contributed by atoms with E-state index in [1.54, 1.807) is 4.90 Å². The highest BCUT2D eigenvalue weighted by molar-refractivity contribution is 7.91. The molecule has 1 amide bonds. The molecular formula is C19H22ClN3O3S. The topological polar surface area (TPSA) is 72.3 Å². The quantitative estimate of drug-likeness (QED) is 0.781. The number of hydrogen-bond donors (Lipinski definition) is 0. The molecule has 0 atom stereocenters. The van der Waals surface area contributed by atoms with Gasteiger partial charge in [0.15, 0.2) is 9.84 Å². The summed E-state index contributed by atoms with van der Waals surface area (Å²) in [6.07, 6.45) is 4.86. The molecular weight excluding hydrogens is 386 g/mol. The highest BCUT2D eigenvalue weighted by Gasteiger charge is 2.44. The lowest BCUT2D eigenvalue weighted by Crippen LogP contribution is -2.40. The molecule has 8 heteroatoms. The smallest absolute Gasteiger partial charge is 0.243 e. The minimum Gasteiger partial charge on any atom is -0.296 e. The maximum atomic E-state index is 12.5. The summed E-state index contributed by atoms with van der Waals surface area (Å²) in [5.74, 6) is -0.197. The van der Waals surface area contributed by atoms with Crippen LogP contribution in [0.1, 0.15) is 36.9 Å². The highest BCUT2D eigenvalue weighted by Crippen LogP contribution is 2.51. The summed E-state index contributed by atoms with van der Waals surface area (Å²) in [5, 5.41) is 5.54. The number of aryl methyl sites for hydroxylation is 1. The molecule has 0 spiro atoms. The second-order valence-electron chi connectivity index (χ2n) is 7.50. The van der Waals surface area contributed by atoms with Crippen molar-refractivity contribution >= 4 is 33.2 Å². The number of carbonyl (C=O) groups is 1. The first kappa shape index (κ1) is 18.5. The fourth-order valence-electron chi connectivity index (χ4n) is 4.11. The van der Waals surface area contributed by atoms with Crippen LogP contribution in [0.3, 0.4) is 0 Å². The van der Waals surface area contributed by atoms with Crippen LogP contribution in [0, 0.1) is 0 Å². The van der Waals surface area contributed by atoms with Gasteiger partial charge in [-0.1, -0.05) is 36.2 Å². The first-order valence-electron chi connectivity index (χ1n) is 9.12. The Bertz CT molecular complexity index is 995. The van der Waals surface area contributed by atoms with Gasteiger partial charge in [0.05, 0.1) is 5.69 Å². The molecule has 144 valence electrons. The SMILES string of the molecule is CS(=O)(=O)CC(=O)N1CCCn2nc(C3(c4ccccc4Cl)CCC3)cc21. The number of halogens is 1. The molecule has 0 saturated heterocycles. The van der Waals surface area contributed by atoms with E-state index in [1.165, 1.54) is 0 Å². The average Bonchev–Trinajstić information content (AvgIpc) is 2.98. The largest absolute Gasteiger partial charge is 0.296 e. The second kappa shape index (κ2) is 6.63. The molecule has 6 nitrogen and oxygen atoms in total. The van der Waals surface area contributed by atoms with Gasteiger partial charge < -0.3 is 0 Å². The van der Waals surface area contributed by atoms with Gasteiger partial charge in [0.25, 0.3) is 0 Å². The average molecular weight is 408 g/mol. The molecule has 2 aromatic rings. The van der Waals surface area contributed by atoms with E-state index in [1.807, 2.05) is 35.0 Å². The third-order valence-corrected chi connectivity index (χ3v) is 6.66. The summed E-state index contributed by atoms with van der Waals surface area (Å²) in [6, 6.07) is 9.80. The van der Waals surface area contributed by atoms with E-state index in [9.17, 15) is 13.2 Å². The minimum atomic E-state index is -3.38. The third kappa shape index (κ3) is 3.27. The third-order valence-electron chi connectivity index (χ3n) is 5.56. The number of carbonyl (C=O) groups excluding carboxylic acids is 1. The van der Waals surface area contributed by atoms with Crippen molar-refractivity contribution in [3.8, 4) is 0 Å². The molecule has 1 fully saturated rings. The molecule has 1 aliphatic carbocycles. The molecule has 4 rings (SSSR count). The Morgan fingerprint density at radius 3 is 2.59 bits per heavy atom. The van der Waals surface area contributed by atoms with Crippen molar-refractivity contribution in [2.24, 2.45) is 0 Å². The summed E-state index contributed by atoms with van der Waals surface area (Å²) in [5.41, 5.74) is 1.76. The van der Waals surface area contributed by atoms with Crippen LogP contribution in [-0.4, -0.2) is 42.7 Å². The van der Waals surface area contributed by atoms with Crippen LogP contribution in [0.5, 0.6) is 0 Å². The van der Waals surface area contributed by atoms with E-state index in [2.05, 4.69) is 0 Å². The predicted molar refractivity (Wildman–Crippen MR) is 105 cm³/mol. The molecule has 27 heavy (non-hydrogen) atoms. The Kier molecular flexibility index (Phi) is 4.55. The molecule has 0 bridgehead atoms. The lowest BCUT2D eigenvalue weighted by Gasteiger charge is -2.41. The van der Waals surface area contributed by atoms with Gasteiger partial charge >= 0.3 is 0 Å². The van der Waals surface area contributed by atoms with Crippen LogP contribution in [0.4, 0.5) is 5.82 Å². The summed E-state index contributed by atoms with van der Waals surface area (Å²) in [6.45, 7) is 1.23. The van der Waals surface area contributed by atoms with Crippen molar-refractivity contribution in [1.29, 1.82) is 0 Å². The number of aromatic nitrogens is 2. The van der Waals surface area contributed by atoms with E-state index in [-0.39, 0.29) is 5.41 Å². The molecule has 0 N–H and O–H groups in total. The number of hydrogen-bond acceptors (Lipinski definition) is 4. The number of fused-ring (bicyclic) bond motifs is 1. The summed E-state index contributed by atoms with van der Waals surface area (Å²) in [7, 11) is -3.38. The van der Waals surface area contributed by atoms with Crippen LogP contribution >= 0.6 is 11.6 Å². The molecule has 2 aliphatic rings. The summed E-state index contributed by atoms with van der Waals surface area (Å²) in [4.78, 5) is 14.1. The number of amides is 1. The van der Waals surface area contributed by atoms with Crippen LogP contribution in [-0.2, 0) is 26.6 Å². The van der Waals surface area contributed by atoms with Crippen molar-refractivity contribution in [3.05, 3.63) is 46.6 Å². The van der Waals surface area contributed by atoms with E-state index < -0.39 is 21.5 Å². The second-order valence-corrected chi connectivity index (χ2v) is 10.0.